The molecule has 1 amide bonds. The Morgan fingerprint density at radius 1 is 1.20 bits per heavy atom. The Labute approximate surface area is 184 Å². The molecule has 0 bridgehead atoms. The molecule has 2 fully saturated rings. The lowest BCUT2D eigenvalue weighted by Gasteiger charge is -2.32. The van der Waals surface area contributed by atoms with Crippen LogP contribution in [-0.4, -0.2) is 80.7 Å². The number of hydrogen-bond donors (Lipinski definition) is 3. The second-order valence-electron chi connectivity index (χ2n) is 8.11. The lowest BCUT2D eigenvalue weighted by atomic mass is 10.1. The third-order valence-electron chi connectivity index (χ3n) is 5.68. The summed E-state index contributed by atoms with van der Waals surface area (Å²) in [5.74, 6) is 0.986. The van der Waals surface area contributed by atoms with E-state index >= 15 is 0 Å². The van der Waals surface area contributed by atoms with Gasteiger partial charge in [-0.1, -0.05) is 6.92 Å². The number of anilines is 1. The fourth-order valence-corrected chi connectivity index (χ4v) is 4.83. The van der Waals surface area contributed by atoms with E-state index in [0.29, 0.717) is 12.6 Å². The van der Waals surface area contributed by atoms with Gasteiger partial charge in [0, 0.05) is 64.2 Å². The van der Waals surface area contributed by atoms with Crippen molar-refractivity contribution in [3.8, 4) is 0 Å². The summed E-state index contributed by atoms with van der Waals surface area (Å²) in [7, 11) is 1.82. The minimum Gasteiger partial charge on any atom is -0.356 e. The molecule has 2 saturated heterocycles. The van der Waals surface area contributed by atoms with Gasteiger partial charge in [-0.3, -0.25) is 14.7 Å². The van der Waals surface area contributed by atoms with Crippen molar-refractivity contribution in [2.75, 3.05) is 57.8 Å². The van der Waals surface area contributed by atoms with Gasteiger partial charge in [0.2, 0.25) is 5.91 Å². The van der Waals surface area contributed by atoms with Crippen LogP contribution in [-0.2, 0) is 11.2 Å². The van der Waals surface area contributed by atoms with E-state index in [-0.39, 0.29) is 5.91 Å². The van der Waals surface area contributed by atoms with Crippen molar-refractivity contribution in [1.29, 1.82) is 0 Å². The molecule has 0 aromatic carbocycles. The third kappa shape index (κ3) is 7.12. The number of carbonyl (C=O) groups excluding carboxylic acids is 1. The van der Waals surface area contributed by atoms with E-state index < -0.39 is 0 Å². The Morgan fingerprint density at radius 2 is 1.97 bits per heavy atom. The molecule has 0 saturated carbocycles. The van der Waals surface area contributed by atoms with E-state index in [4.69, 9.17) is 4.98 Å². The van der Waals surface area contributed by atoms with Crippen LogP contribution < -0.4 is 20.9 Å². The van der Waals surface area contributed by atoms with Gasteiger partial charge in [0.05, 0.1) is 12.2 Å². The molecule has 0 aliphatic carbocycles. The molecule has 0 radical (unpaired) electrons. The average molecular weight is 436 g/mol. The van der Waals surface area contributed by atoms with E-state index in [1.807, 2.05) is 7.05 Å². The maximum absolute atomic E-state index is 11.9. The molecular formula is C21H37N7OS. The van der Waals surface area contributed by atoms with Gasteiger partial charge >= 0.3 is 0 Å². The van der Waals surface area contributed by atoms with E-state index in [2.05, 4.69) is 43.0 Å². The van der Waals surface area contributed by atoms with Crippen LogP contribution in [0, 0.1) is 0 Å². The van der Waals surface area contributed by atoms with Crippen LogP contribution in [0.15, 0.2) is 10.4 Å². The average Bonchev–Trinajstić information content (AvgIpc) is 3.45. The number of amides is 1. The molecule has 8 nitrogen and oxygen atoms in total. The predicted octanol–water partition coefficient (Wildman–Crippen LogP) is 1.44. The number of rotatable bonds is 9. The highest BCUT2D eigenvalue weighted by molar-refractivity contribution is 7.13. The van der Waals surface area contributed by atoms with Crippen molar-refractivity contribution < 1.29 is 4.79 Å². The first-order valence-electron chi connectivity index (χ1n) is 11.3. The topological polar surface area (TPSA) is 84.9 Å². The molecule has 2 aliphatic heterocycles. The number of nitrogens with zero attached hydrogens (tertiary/aromatic N) is 4. The fourth-order valence-electron chi connectivity index (χ4n) is 3.92. The molecule has 3 N–H and O–H groups in total. The molecule has 9 heteroatoms. The normalized spacial score (nSPS) is 18.6. The zero-order chi connectivity index (χ0) is 21.2. The van der Waals surface area contributed by atoms with Crippen LogP contribution in [0.3, 0.4) is 0 Å². The van der Waals surface area contributed by atoms with Crippen molar-refractivity contribution in [1.82, 2.24) is 25.8 Å². The monoisotopic (exact) mass is 435 g/mol. The molecule has 168 valence electrons. The highest BCUT2D eigenvalue weighted by Crippen LogP contribution is 2.24. The van der Waals surface area contributed by atoms with E-state index in [1.165, 1.54) is 18.0 Å². The minimum atomic E-state index is 0.135. The standard InChI is InChI=1S/C21H37N7OS/c1-3-9-23-19(29)15-27-13-7-17(8-14-27)25-20(22-2)24-10-6-18-16-30-21(26-18)28-11-4-5-12-28/h16-17H,3-15H2,1-2H3,(H,23,29)(H2,22,24,25). The predicted molar refractivity (Wildman–Crippen MR) is 125 cm³/mol. The van der Waals surface area contributed by atoms with Gasteiger partial charge in [-0.2, -0.15) is 0 Å². The maximum atomic E-state index is 11.9. The highest BCUT2D eigenvalue weighted by atomic mass is 32.1. The second-order valence-corrected chi connectivity index (χ2v) is 8.95. The Balaban J connectivity index is 1.33. The lowest BCUT2D eigenvalue weighted by Crippen LogP contribution is -2.50. The summed E-state index contributed by atoms with van der Waals surface area (Å²) in [5, 5.41) is 13.3. The van der Waals surface area contributed by atoms with E-state index in [0.717, 1.165) is 76.6 Å². The van der Waals surface area contributed by atoms with Crippen LogP contribution in [0.25, 0.3) is 0 Å². The van der Waals surface area contributed by atoms with Crippen LogP contribution in [0.4, 0.5) is 5.13 Å². The number of carbonyl (C=O) groups is 1. The van der Waals surface area contributed by atoms with E-state index in [1.54, 1.807) is 11.3 Å². The summed E-state index contributed by atoms with van der Waals surface area (Å²) >= 11 is 1.76. The van der Waals surface area contributed by atoms with Crippen LogP contribution >= 0.6 is 11.3 Å². The van der Waals surface area contributed by atoms with Crippen molar-refractivity contribution in [2.24, 2.45) is 4.99 Å². The number of hydrogen-bond acceptors (Lipinski definition) is 6. The molecular weight excluding hydrogens is 398 g/mol. The van der Waals surface area contributed by atoms with Crippen LogP contribution in [0.1, 0.15) is 44.7 Å². The van der Waals surface area contributed by atoms with Crippen molar-refractivity contribution >= 4 is 28.3 Å². The number of piperidine rings is 1. The SMILES string of the molecule is CCCNC(=O)CN1CCC(NC(=NC)NCCc2csc(N3CCCC3)n2)CC1. The molecule has 30 heavy (non-hydrogen) atoms. The third-order valence-corrected chi connectivity index (χ3v) is 6.63. The number of guanidine groups is 1. The zero-order valence-electron chi connectivity index (χ0n) is 18.5. The van der Waals surface area contributed by atoms with Crippen LogP contribution in [0.5, 0.6) is 0 Å². The molecule has 2 aliphatic rings. The summed E-state index contributed by atoms with van der Waals surface area (Å²) in [6.07, 6.45) is 6.48. The minimum absolute atomic E-state index is 0.135. The molecule has 3 heterocycles. The zero-order valence-corrected chi connectivity index (χ0v) is 19.3. The molecule has 0 spiro atoms. The Morgan fingerprint density at radius 3 is 2.67 bits per heavy atom. The second kappa shape index (κ2) is 12.1. The number of aliphatic imine (C=N–C) groups is 1. The van der Waals surface area contributed by atoms with Crippen LogP contribution in [0.2, 0.25) is 0 Å². The van der Waals surface area contributed by atoms with Gasteiger partial charge in [-0.15, -0.1) is 11.3 Å². The number of aromatic nitrogens is 1. The first kappa shape index (κ1) is 22.8. The number of thiazole rings is 1. The molecule has 0 atom stereocenters. The van der Waals surface area contributed by atoms with Crippen molar-refractivity contribution in [2.45, 2.75) is 51.5 Å². The van der Waals surface area contributed by atoms with Gasteiger partial charge in [0.15, 0.2) is 11.1 Å². The molecule has 0 unspecified atom stereocenters. The van der Waals surface area contributed by atoms with Gasteiger partial charge in [-0.25, -0.2) is 4.98 Å². The van der Waals surface area contributed by atoms with Gasteiger partial charge in [0.25, 0.3) is 0 Å². The van der Waals surface area contributed by atoms with Gasteiger partial charge < -0.3 is 20.9 Å². The molecule has 1 aromatic heterocycles. The Bertz CT molecular complexity index is 679. The Kier molecular flexibility index (Phi) is 9.20. The van der Waals surface area contributed by atoms with Gasteiger partial charge in [0.1, 0.15) is 0 Å². The maximum Gasteiger partial charge on any atom is 0.234 e. The summed E-state index contributed by atoms with van der Waals surface area (Å²) in [5.41, 5.74) is 1.15. The highest BCUT2D eigenvalue weighted by Gasteiger charge is 2.21. The Hall–Kier alpha value is -1.87. The molecule has 3 rings (SSSR count). The summed E-state index contributed by atoms with van der Waals surface area (Å²) in [6, 6.07) is 0.396. The number of likely N-dealkylation sites (tertiary alicyclic amines) is 1. The first-order valence-corrected chi connectivity index (χ1v) is 12.2. The summed E-state index contributed by atoms with van der Waals surface area (Å²) in [4.78, 5) is 25.7. The number of nitrogens with one attached hydrogen (secondary N) is 3. The van der Waals surface area contributed by atoms with Gasteiger partial charge in [-0.05, 0) is 32.1 Å². The van der Waals surface area contributed by atoms with E-state index in [9.17, 15) is 4.79 Å². The smallest absolute Gasteiger partial charge is 0.234 e. The largest absolute Gasteiger partial charge is 0.356 e. The summed E-state index contributed by atoms with van der Waals surface area (Å²) in [6.45, 7) is 8.32. The fraction of sp³-hybridized carbons (Fsp3) is 0.762. The lowest BCUT2D eigenvalue weighted by molar-refractivity contribution is -0.122. The first-order chi connectivity index (χ1) is 14.7. The quantitative estimate of drug-likeness (QED) is 0.402. The van der Waals surface area contributed by atoms with Crippen molar-refractivity contribution in [3.63, 3.8) is 0 Å². The summed E-state index contributed by atoms with van der Waals surface area (Å²) < 4.78 is 0. The molecule has 1 aromatic rings. The van der Waals surface area contributed by atoms with Crippen molar-refractivity contribution in [3.05, 3.63) is 11.1 Å².